The topological polar surface area (TPSA) is 86.6 Å². The fourth-order valence-corrected chi connectivity index (χ4v) is 1.63. The largest absolute Gasteiger partial charge is 0.481 e. The Morgan fingerprint density at radius 3 is 2.46 bits per heavy atom. The van der Waals surface area contributed by atoms with Gasteiger partial charge in [0, 0.05) is 6.42 Å². The Morgan fingerprint density at radius 2 is 2.08 bits per heavy atom. The quantitative estimate of drug-likeness (QED) is 0.579. The molecule has 3 N–H and O–H groups in total. The fourth-order valence-electron chi connectivity index (χ4n) is 1.63. The van der Waals surface area contributed by atoms with Crippen LogP contribution in [0.5, 0.6) is 0 Å². The van der Waals surface area contributed by atoms with Crippen molar-refractivity contribution in [3.63, 3.8) is 0 Å². The Bertz CT molecular complexity index is 220. The first-order chi connectivity index (χ1) is 6.07. The highest BCUT2D eigenvalue weighted by Gasteiger charge is 2.40. The van der Waals surface area contributed by atoms with E-state index in [-0.39, 0.29) is 12.8 Å². The molecular weight excluding hydrogens is 174 g/mol. The van der Waals surface area contributed by atoms with Gasteiger partial charge in [0.05, 0.1) is 0 Å². The normalized spacial score (nSPS) is 27.4. The van der Waals surface area contributed by atoms with E-state index in [1.165, 1.54) is 0 Å². The van der Waals surface area contributed by atoms with E-state index in [9.17, 15) is 9.59 Å². The van der Waals surface area contributed by atoms with Crippen LogP contribution in [-0.4, -0.2) is 34.2 Å². The van der Waals surface area contributed by atoms with Gasteiger partial charge in [-0.1, -0.05) is 0 Å². The predicted molar refractivity (Wildman–Crippen MR) is 44.5 cm³/mol. The van der Waals surface area contributed by atoms with Crippen LogP contribution in [0.1, 0.15) is 25.7 Å². The third-order valence-corrected chi connectivity index (χ3v) is 2.42. The van der Waals surface area contributed by atoms with Crippen LogP contribution in [0, 0.1) is 0 Å². The van der Waals surface area contributed by atoms with E-state index in [4.69, 9.17) is 10.2 Å². The summed E-state index contributed by atoms with van der Waals surface area (Å²) in [6.45, 7) is 0.659. The van der Waals surface area contributed by atoms with Gasteiger partial charge < -0.3 is 15.5 Å². The average Bonchev–Trinajstić information content (AvgIpc) is 2.50. The molecule has 1 heterocycles. The molecule has 0 aromatic carbocycles. The Kier molecular flexibility index (Phi) is 2.87. The number of carbonyl (C=O) groups is 2. The van der Waals surface area contributed by atoms with Crippen molar-refractivity contribution in [2.24, 2.45) is 0 Å². The Balaban J connectivity index is 2.57. The maximum absolute atomic E-state index is 10.9. The number of carboxylic acids is 2. The molecule has 0 bridgehead atoms. The third kappa shape index (κ3) is 2.18. The third-order valence-electron chi connectivity index (χ3n) is 2.42. The molecule has 74 valence electrons. The van der Waals surface area contributed by atoms with E-state index in [0.29, 0.717) is 13.0 Å². The smallest absolute Gasteiger partial charge is 0.323 e. The van der Waals surface area contributed by atoms with Crippen LogP contribution in [0.3, 0.4) is 0 Å². The maximum Gasteiger partial charge on any atom is 0.323 e. The van der Waals surface area contributed by atoms with Gasteiger partial charge in [-0.25, -0.2) is 0 Å². The van der Waals surface area contributed by atoms with Gasteiger partial charge in [0.25, 0.3) is 0 Å². The highest BCUT2D eigenvalue weighted by molar-refractivity contribution is 5.80. The summed E-state index contributed by atoms with van der Waals surface area (Å²) in [5.41, 5.74) is -0.988. The molecule has 1 saturated heterocycles. The van der Waals surface area contributed by atoms with E-state index in [0.717, 1.165) is 6.42 Å². The molecule has 0 aromatic heterocycles. The zero-order chi connectivity index (χ0) is 9.90. The van der Waals surface area contributed by atoms with Gasteiger partial charge in [0.2, 0.25) is 0 Å². The van der Waals surface area contributed by atoms with Crippen molar-refractivity contribution in [2.45, 2.75) is 31.2 Å². The monoisotopic (exact) mass is 187 g/mol. The van der Waals surface area contributed by atoms with Crippen molar-refractivity contribution in [3.8, 4) is 0 Å². The molecule has 1 fully saturated rings. The summed E-state index contributed by atoms with van der Waals surface area (Å²) in [5, 5.41) is 20.2. The summed E-state index contributed by atoms with van der Waals surface area (Å²) in [4.78, 5) is 21.2. The van der Waals surface area contributed by atoms with Crippen LogP contribution < -0.4 is 5.32 Å². The van der Waals surface area contributed by atoms with Crippen LogP contribution in [0.2, 0.25) is 0 Å². The van der Waals surface area contributed by atoms with Crippen molar-refractivity contribution in [3.05, 3.63) is 0 Å². The lowest BCUT2D eigenvalue weighted by Crippen LogP contribution is -2.47. The van der Waals surface area contributed by atoms with Crippen molar-refractivity contribution >= 4 is 11.9 Å². The van der Waals surface area contributed by atoms with Gasteiger partial charge in [-0.3, -0.25) is 9.59 Å². The average molecular weight is 187 g/mol. The first kappa shape index (κ1) is 9.98. The molecule has 0 unspecified atom stereocenters. The van der Waals surface area contributed by atoms with Crippen LogP contribution in [0.25, 0.3) is 0 Å². The molecule has 13 heavy (non-hydrogen) atoms. The number of rotatable bonds is 4. The lowest BCUT2D eigenvalue weighted by molar-refractivity contribution is -0.145. The van der Waals surface area contributed by atoms with Gasteiger partial charge >= 0.3 is 11.9 Å². The molecule has 0 radical (unpaired) electrons. The van der Waals surface area contributed by atoms with Crippen molar-refractivity contribution < 1.29 is 19.8 Å². The summed E-state index contributed by atoms with van der Waals surface area (Å²) in [7, 11) is 0. The Morgan fingerprint density at radius 1 is 1.38 bits per heavy atom. The standard InChI is InChI=1S/C8H13NO4/c10-6(11)2-4-8(7(12)13)3-1-5-9-8/h9H,1-5H2,(H,10,11)(H,12,13)/t8-/m0/s1. The zero-order valence-electron chi connectivity index (χ0n) is 7.25. The van der Waals surface area contributed by atoms with E-state index < -0.39 is 17.5 Å². The van der Waals surface area contributed by atoms with Crippen molar-refractivity contribution in [2.75, 3.05) is 6.54 Å². The van der Waals surface area contributed by atoms with Crippen molar-refractivity contribution in [1.82, 2.24) is 5.32 Å². The summed E-state index contributed by atoms with van der Waals surface area (Å²) in [6, 6.07) is 0. The summed E-state index contributed by atoms with van der Waals surface area (Å²) >= 11 is 0. The second kappa shape index (κ2) is 3.74. The summed E-state index contributed by atoms with van der Waals surface area (Å²) in [5.74, 6) is -1.89. The maximum atomic E-state index is 10.9. The lowest BCUT2D eigenvalue weighted by Gasteiger charge is -2.23. The van der Waals surface area contributed by atoms with Crippen LogP contribution in [0.15, 0.2) is 0 Å². The second-order valence-electron chi connectivity index (χ2n) is 3.31. The molecule has 0 saturated carbocycles. The Hall–Kier alpha value is -1.10. The molecule has 0 aromatic rings. The van der Waals surface area contributed by atoms with Gasteiger partial charge in [-0.2, -0.15) is 0 Å². The highest BCUT2D eigenvalue weighted by Crippen LogP contribution is 2.24. The number of hydrogen-bond acceptors (Lipinski definition) is 3. The zero-order valence-corrected chi connectivity index (χ0v) is 7.25. The van der Waals surface area contributed by atoms with Crippen LogP contribution >= 0.6 is 0 Å². The molecule has 0 spiro atoms. The number of nitrogens with one attached hydrogen (secondary N) is 1. The molecule has 1 aliphatic heterocycles. The molecule has 1 rings (SSSR count). The van der Waals surface area contributed by atoms with Crippen molar-refractivity contribution in [1.29, 1.82) is 0 Å². The molecule has 1 atom stereocenters. The van der Waals surface area contributed by atoms with Crippen LogP contribution in [0.4, 0.5) is 0 Å². The summed E-state index contributed by atoms with van der Waals surface area (Å²) < 4.78 is 0. The second-order valence-corrected chi connectivity index (χ2v) is 3.31. The molecule has 5 nitrogen and oxygen atoms in total. The number of hydrogen-bond donors (Lipinski definition) is 3. The molecular formula is C8H13NO4. The minimum Gasteiger partial charge on any atom is -0.481 e. The SMILES string of the molecule is O=C(O)CC[C@]1(C(=O)O)CCCN1. The minimum absolute atomic E-state index is 0.0979. The minimum atomic E-state index is -0.988. The molecule has 0 aliphatic carbocycles. The molecule has 0 amide bonds. The van der Waals surface area contributed by atoms with Gasteiger partial charge in [0.1, 0.15) is 5.54 Å². The lowest BCUT2D eigenvalue weighted by atomic mass is 9.92. The van der Waals surface area contributed by atoms with E-state index in [1.54, 1.807) is 0 Å². The fraction of sp³-hybridized carbons (Fsp3) is 0.750. The first-order valence-corrected chi connectivity index (χ1v) is 4.27. The first-order valence-electron chi connectivity index (χ1n) is 4.27. The van der Waals surface area contributed by atoms with Gasteiger partial charge in [0.15, 0.2) is 0 Å². The van der Waals surface area contributed by atoms with E-state index in [1.807, 2.05) is 0 Å². The highest BCUT2D eigenvalue weighted by atomic mass is 16.4. The van der Waals surface area contributed by atoms with Crippen LogP contribution in [-0.2, 0) is 9.59 Å². The predicted octanol–water partition coefficient (Wildman–Crippen LogP) is 0.0580. The summed E-state index contributed by atoms with van der Waals surface area (Å²) in [6.07, 6.45) is 1.39. The molecule has 5 heteroatoms. The number of aliphatic carboxylic acids is 2. The Labute approximate surface area is 75.7 Å². The number of carboxylic acid groups (broad SMARTS) is 2. The van der Waals surface area contributed by atoms with Gasteiger partial charge in [-0.05, 0) is 25.8 Å². The van der Waals surface area contributed by atoms with Gasteiger partial charge in [-0.15, -0.1) is 0 Å². The van der Waals surface area contributed by atoms with E-state index in [2.05, 4.69) is 5.32 Å². The van der Waals surface area contributed by atoms with E-state index >= 15 is 0 Å². The molecule has 1 aliphatic rings.